The van der Waals surface area contributed by atoms with Crippen LogP contribution in [0.1, 0.15) is 13.2 Å². The monoisotopic (exact) mass is 602 g/mol. The Morgan fingerprint density at radius 1 is 0.974 bits per heavy atom. The van der Waals surface area contributed by atoms with Crippen LogP contribution in [0.5, 0.6) is 0 Å². The Kier molecular flexibility index (Phi) is 9.04. The Bertz CT molecular complexity index is 1250. The molecule has 0 spiro atoms. The molecule has 20 nitrogen and oxygen atoms in total. The Balaban J connectivity index is 1.31. The first-order valence-corrected chi connectivity index (χ1v) is 14.2. The highest BCUT2D eigenvalue weighted by atomic mass is 31.3. The van der Waals surface area contributed by atoms with E-state index in [-0.39, 0.29) is 17.0 Å². The molecule has 2 saturated heterocycles. The van der Waals surface area contributed by atoms with Crippen molar-refractivity contribution < 1.29 is 66.9 Å². The zero-order chi connectivity index (χ0) is 28.7. The Labute approximate surface area is 219 Å². The third-order valence-electron chi connectivity index (χ3n) is 5.68. The molecule has 39 heavy (non-hydrogen) atoms. The highest BCUT2D eigenvalue weighted by Crippen LogP contribution is 2.60. The molecule has 11 atom stereocenters. The maximum Gasteiger partial charge on any atom is 0.481 e. The highest BCUT2D eigenvalue weighted by Gasteiger charge is 2.48. The standard InChI is InChI=1S/C17H28N6O14P2/c1-6(18)34-17-13(27)11(25)8(36-17)3-33-39(30,31)37-38(28,29)32-2-7-10(24)12(26)16(35-7)23-5-22-9-14(19)20-4-21-15(9)23/h4-8,10-13,16-17,24-27H,2-3,18H2,1H3,(H,28,29)(H,30,31)(H2,19,20,21)/t6?,7-,8-,10-,11-,12-,13-,16-,17+/m1/s1. The van der Waals surface area contributed by atoms with Crippen LogP contribution in [-0.2, 0) is 36.7 Å². The third kappa shape index (κ3) is 6.79. The molecule has 0 aromatic carbocycles. The van der Waals surface area contributed by atoms with Gasteiger partial charge < -0.3 is 55.9 Å². The minimum atomic E-state index is -5.32. The largest absolute Gasteiger partial charge is 0.481 e. The molecular formula is C17H28N6O14P2. The lowest BCUT2D eigenvalue weighted by molar-refractivity contribution is -0.188. The molecule has 0 bridgehead atoms. The van der Waals surface area contributed by atoms with Gasteiger partial charge in [0.15, 0.2) is 24.0 Å². The second-order valence-corrected chi connectivity index (χ2v) is 11.6. The highest BCUT2D eigenvalue weighted by molar-refractivity contribution is 7.61. The van der Waals surface area contributed by atoms with Crippen LogP contribution in [0, 0.1) is 0 Å². The van der Waals surface area contributed by atoms with Gasteiger partial charge in [0.1, 0.15) is 54.7 Å². The molecule has 4 heterocycles. The van der Waals surface area contributed by atoms with Crippen LogP contribution in [0.15, 0.2) is 12.7 Å². The minimum absolute atomic E-state index is 0.0594. The fourth-order valence-electron chi connectivity index (χ4n) is 3.84. The number of imidazole rings is 1. The number of phosphoric acid groups is 2. The number of rotatable bonds is 11. The van der Waals surface area contributed by atoms with Crippen molar-refractivity contribution in [2.75, 3.05) is 18.9 Å². The van der Waals surface area contributed by atoms with Crippen LogP contribution in [0.25, 0.3) is 11.2 Å². The number of ether oxygens (including phenoxy) is 3. The summed E-state index contributed by atoms with van der Waals surface area (Å²) in [6.45, 7) is -0.308. The van der Waals surface area contributed by atoms with Gasteiger partial charge in [0.25, 0.3) is 0 Å². The first kappa shape index (κ1) is 30.3. The van der Waals surface area contributed by atoms with E-state index in [1.807, 2.05) is 0 Å². The summed E-state index contributed by atoms with van der Waals surface area (Å²) in [5.74, 6) is 0.0594. The number of hydrogen-bond acceptors (Lipinski definition) is 17. The van der Waals surface area contributed by atoms with Crippen LogP contribution in [0.4, 0.5) is 5.82 Å². The second kappa shape index (κ2) is 11.6. The summed E-state index contributed by atoms with van der Waals surface area (Å²) in [7, 11) is -10.6. The summed E-state index contributed by atoms with van der Waals surface area (Å²) in [6.07, 6.45) is -10.3. The molecule has 2 fully saturated rings. The van der Waals surface area contributed by atoms with E-state index in [1.54, 1.807) is 0 Å². The molecule has 0 amide bonds. The quantitative estimate of drug-likeness (QED) is 0.0941. The molecule has 4 rings (SSSR count). The van der Waals surface area contributed by atoms with E-state index >= 15 is 0 Å². The average Bonchev–Trinajstić information content (AvgIpc) is 3.47. The van der Waals surface area contributed by atoms with Crippen molar-refractivity contribution in [1.29, 1.82) is 0 Å². The van der Waals surface area contributed by atoms with Crippen molar-refractivity contribution in [3.63, 3.8) is 0 Å². The van der Waals surface area contributed by atoms with E-state index in [0.29, 0.717) is 0 Å². The van der Waals surface area contributed by atoms with Crippen LogP contribution in [0.3, 0.4) is 0 Å². The number of aliphatic hydroxyl groups is 4. The van der Waals surface area contributed by atoms with Gasteiger partial charge in [-0.2, -0.15) is 4.31 Å². The maximum absolute atomic E-state index is 12.3. The lowest BCUT2D eigenvalue weighted by Crippen LogP contribution is -2.37. The number of fused-ring (bicyclic) bond motifs is 1. The van der Waals surface area contributed by atoms with E-state index in [9.17, 15) is 39.3 Å². The van der Waals surface area contributed by atoms with Crippen molar-refractivity contribution >= 4 is 32.6 Å². The molecule has 2 aliphatic heterocycles. The summed E-state index contributed by atoms with van der Waals surface area (Å²) in [6, 6.07) is 0. The van der Waals surface area contributed by atoms with Crippen LogP contribution < -0.4 is 11.5 Å². The zero-order valence-electron chi connectivity index (χ0n) is 20.1. The van der Waals surface area contributed by atoms with Crippen LogP contribution >= 0.6 is 15.6 Å². The zero-order valence-corrected chi connectivity index (χ0v) is 21.8. The fraction of sp³-hybridized carbons (Fsp3) is 0.706. The predicted molar refractivity (Wildman–Crippen MR) is 124 cm³/mol. The molecule has 220 valence electrons. The van der Waals surface area contributed by atoms with Crippen molar-refractivity contribution in [3.05, 3.63) is 12.7 Å². The third-order valence-corrected chi connectivity index (χ3v) is 8.28. The van der Waals surface area contributed by atoms with E-state index in [0.717, 1.165) is 6.33 Å². The fourth-order valence-corrected chi connectivity index (χ4v) is 5.93. The molecule has 10 N–H and O–H groups in total. The minimum Gasteiger partial charge on any atom is -0.387 e. The van der Waals surface area contributed by atoms with Crippen LogP contribution in [-0.4, -0.2) is 112 Å². The number of phosphoric ester groups is 2. The summed E-state index contributed by atoms with van der Waals surface area (Å²) >= 11 is 0. The number of anilines is 1. The molecule has 2 aliphatic rings. The molecular weight excluding hydrogens is 574 g/mol. The molecule has 0 saturated carbocycles. The topological polar surface area (TPSA) is 307 Å². The molecule has 0 radical (unpaired) electrons. The summed E-state index contributed by atoms with van der Waals surface area (Å²) < 4.78 is 55.0. The van der Waals surface area contributed by atoms with Crippen molar-refractivity contribution in [2.24, 2.45) is 5.73 Å². The number of aliphatic hydroxyl groups excluding tert-OH is 4. The van der Waals surface area contributed by atoms with Gasteiger partial charge in [-0.15, -0.1) is 0 Å². The van der Waals surface area contributed by atoms with Gasteiger partial charge in [-0.05, 0) is 6.92 Å². The maximum atomic E-state index is 12.3. The van der Waals surface area contributed by atoms with Crippen molar-refractivity contribution in [2.45, 2.75) is 62.3 Å². The molecule has 3 unspecified atom stereocenters. The SMILES string of the molecule is CC(N)O[C@H]1O[C@H](COP(=O)(O)OP(=O)(O)OC[C@H]2O[C@@H](n3cnc4c(N)ncnc43)[C@H](O)[C@@H]2O)[C@@H](O)[C@H]1O. The van der Waals surface area contributed by atoms with Gasteiger partial charge in [0.05, 0.1) is 19.5 Å². The lowest BCUT2D eigenvalue weighted by Gasteiger charge is -2.20. The van der Waals surface area contributed by atoms with Gasteiger partial charge in [-0.1, -0.05) is 0 Å². The average molecular weight is 602 g/mol. The van der Waals surface area contributed by atoms with E-state index in [4.69, 9.17) is 25.7 Å². The summed E-state index contributed by atoms with van der Waals surface area (Å²) in [4.78, 5) is 31.6. The number of nitrogen functional groups attached to an aromatic ring is 1. The Morgan fingerprint density at radius 3 is 2.18 bits per heavy atom. The number of nitrogens with zero attached hydrogens (tertiary/aromatic N) is 4. The number of hydrogen-bond donors (Lipinski definition) is 8. The Morgan fingerprint density at radius 2 is 1.56 bits per heavy atom. The van der Waals surface area contributed by atoms with E-state index < -0.39 is 84.2 Å². The van der Waals surface area contributed by atoms with Crippen molar-refractivity contribution in [3.8, 4) is 0 Å². The molecule has 0 aliphatic carbocycles. The lowest BCUT2D eigenvalue weighted by atomic mass is 10.1. The second-order valence-electron chi connectivity index (χ2n) is 8.60. The molecule has 2 aromatic heterocycles. The summed E-state index contributed by atoms with van der Waals surface area (Å²) in [5, 5.41) is 40.7. The van der Waals surface area contributed by atoms with Crippen molar-refractivity contribution in [1.82, 2.24) is 19.5 Å². The number of aromatic nitrogens is 4. The Hall–Kier alpha value is -1.71. The first-order valence-electron chi connectivity index (χ1n) is 11.2. The summed E-state index contributed by atoms with van der Waals surface area (Å²) in [5.41, 5.74) is 11.5. The van der Waals surface area contributed by atoms with Gasteiger partial charge >= 0.3 is 15.6 Å². The predicted octanol–water partition coefficient (Wildman–Crippen LogP) is -2.95. The van der Waals surface area contributed by atoms with E-state index in [2.05, 4.69) is 28.3 Å². The van der Waals surface area contributed by atoms with Crippen LogP contribution in [0.2, 0.25) is 0 Å². The van der Waals surface area contributed by atoms with Gasteiger partial charge in [0, 0.05) is 0 Å². The van der Waals surface area contributed by atoms with Gasteiger partial charge in [-0.25, -0.2) is 24.1 Å². The van der Waals surface area contributed by atoms with E-state index in [1.165, 1.54) is 17.8 Å². The smallest absolute Gasteiger partial charge is 0.387 e. The molecule has 2 aromatic rings. The molecule has 22 heteroatoms. The van der Waals surface area contributed by atoms with Gasteiger partial charge in [-0.3, -0.25) is 13.6 Å². The first-order chi connectivity index (χ1) is 18.2. The van der Waals surface area contributed by atoms with Gasteiger partial charge in [0.2, 0.25) is 0 Å². The number of nitrogens with two attached hydrogens (primary N) is 2. The normalized spacial score (nSPS) is 35.2.